The van der Waals surface area contributed by atoms with Crippen LogP contribution in [0.2, 0.25) is 0 Å². The highest BCUT2D eigenvalue weighted by Gasteiger charge is 2.30. The number of ketones is 1. The lowest BCUT2D eigenvalue weighted by molar-refractivity contribution is -0.132. The smallest absolute Gasteiger partial charge is 0.236 e. The van der Waals surface area contributed by atoms with Crippen LogP contribution in [-0.2, 0) is 9.59 Å². The molecule has 1 aliphatic rings. The minimum Gasteiger partial charge on any atom is -0.342 e. The minimum absolute atomic E-state index is 0.107. The number of hydrogen-bond acceptors (Lipinski definition) is 3. The van der Waals surface area contributed by atoms with Crippen molar-refractivity contribution in [3.63, 3.8) is 0 Å². The average molecular weight is 226 g/mol. The molecule has 92 valence electrons. The van der Waals surface area contributed by atoms with Crippen LogP contribution in [0.5, 0.6) is 0 Å². The van der Waals surface area contributed by atoms with Gasteiger partial charge in [-0.1, -0.05) is 0 Å². The summed E-state index contributed by atoms with van der Waals surface area (Å²) in [4.78, 5) is 26.9. The fraction of sp³-hybridized carbons (Fsp3) is 0.833. The highest BCUT2D eigenvalue weighted by atomic mass is 16.2. The summed E-state index contributed by atoms with van der Waals surface area (Å²) in [6.07, 6.45) is 2.08. The molecule has 0 heterocycles. The third kappa shape index (κ3) is 3.93. The van der Waals surface area contributed by atoms with Gasteiger partial charge in [0.2, 0.25) is 5.91 Å². The second-order valence-corrected chi connectivity index (χ2v) is 4.48. The molecule has 1 amide bonds. The zero-order valence-electron chi connectivity index (χ0n) is 10.5. The molecule has 0 aromatic heterocycles. The van der Waals surface area contributed by atoms with Crippen molar-refractivity contribution < 1.29 is 9.59 Å². The Labute approximate surface area is 97.6 Å². The summed E-state index contributed by atoms with van der Waals surface area (Å²) in [5, 5.41) is 0. The first-order chi connectivity index (χ1) is 7.58. The van der Waals surface area contributed by atoms with Crippen molar-refractivity contribution in [3.8, 4) is 0 Å². The molecular formula is C12H22N2O2. The molecule has 1 aliphatic carbocycles. The normalized spacial score (nSPS) is 15.2. The van der Waals surface area contributed by atoms with Gasteiger partial charge in [0.1, 0.15) is 5.78 Å². The molecule has 4 nitrogen and oxygen atoms in total. The Morgan fingerprint density at radius 1 is 1.12 bits per heavy atom. The van der Waals surface area contributed by atoms with Gasteiger partial charge in [-0.3, -0.25) is 14.5 Å². The quantitative estimate of drug-likeness (QED) is 0.643. The zero-order chi connectivity index (χ0) is 12.1. The molecule has 0 aromatic carbocycles. The Hall–Kier alpha value is -0.900. The van der Waals surface area contributed by atoms with E-state index < -0.39 is 0 Å². The van der Waals surface area contributed by atoms with E-state index in [1.54, 1.807) is 4.90 Å². The van der Waals surface area contributed by atoms with Crippen LogP contribution in [-0.4, -0.2) is 54.7 Å². The number of carbonyl (C=O) groups excluding carboxylic acids is 2. The fourth-order valence-corrected chi connectivity index (χ4v) is 1.76. The maximum atomic E-state index is 11.8. The van der Waals surface area contributed by atoms with E-state index in [9.17, 15) is 9.59 Å². The number of carbonyl (C=O) groups is 2. The molecule has 1 fully saturated rings. The lowest BCUT2D eigenvalue weighted by Gasteiger charge is -2.22. The first-order valence-corrected chi connectivity index (χ1v) is 6.07. The summed E-state index contributed by atoms with van der Waals surface area (Å²) in [5.74, 6) is 0.678. The summed E-state index contributed by atoms with van der Waals surface area (Å²) >= 11 is 0. The monoisotopic (exact) mass is 226 g/mol. The van der Waals surface area contributed by atoms with Crippen molar-refractivity contribution in [2.75, 3.05) is 33.2 Å². The van der Waals surface area contributed by atoms with Crippen LogP contribution in [0.15, 0.2) is 0 Å². The Bertz CT molecular complexity index is 258. The van der Waals surface area contributed by atoms with E-state index >= 15 is 0 Å². The molecule has 0 spiro atoms. The van der Waals surface area contributed by atoms with Gasteiger partial charge in [0, 0.05) is 19.0 Å². The molecule has 0 atom stereocenters. The van der Waals surface area contributed by atoms with Gasteiger partial charge < -0.3 is 4.90 Å². The van der Waals surface area contributed by atoms with E-state index in [1.165, 1.54) is 0 Å². The second kappa shape index (κ2) is 5.99. The van der Waals surface area contributed by atoms with E-state index in [-0.39, 0.29) is 17.6 Å². The predicted molar refractivity (Wildman–Crippen MR) is 63.2 cm³/mol. The molecule has 0 N–H and O–H groups in total. The first-order valence-electron chi connectivity index (χ1n) is 6.07. The largest absolute Gasteiger partial charge is 0.342 e. The Kier molecular flexibility index (Phi) is 4.93. The topological polar surface area (TPSA) is 40.6 Å². The lowest BCUT2D eigenvalue weighted by atomic mass is 10.2. The van der Waals surface area contributed by atoms with E-state index in [0.29, 0.717) is 13.1 Å². The molecule has 1 saturated carbocycles. The molecule has 0 aromatic rings. The number of amides is 1. The van der Waals surface area contributed by atoms with E-state index in [4.69, 9.17) is 0 Å². The van der Waals surface area contributed by atoms with Crippen molar-refractivity contribution in [3.05, 3.63) is 0 Å². The van der Waals surface area contributed by atoms with Gasteiger partial charge in [0.25, 0.3) is 0 Å². The van der Waals surface area contributed by atoms with Gasteiger partial charge >= 0.3 is 0 Å². The van der Waals surface area contributed by atoms with Crippen molar-refractivity contribution >= 4 is 11.7 Å². The van der Waals surface area contributed by atoms with Crippen LogP contribution in [0.25, 0.3) is 0 Å². The maximum absolute atomic E-state index is 11.8. The fourth-order valence-electron chi connectivity index (χ4n) is 1.76. The van der Waals surface area contributed by atoms with Crippen molar-refractivity contribution in [2.24, 2.45) is 5.92 Å². The third-order valence-electron chi connectivity index (χ3n) is 2.98. The molecule has 0 bridgehead atoms. The number of rotatable bonds is 7. The minimum atomic E-state index is 0.107. The third-order valence-corrected chi connectivity index (χ3v) is 2.98. The molecular weight excluding hydrogens is 204 g/mol. The van der Waals surface area contributed by atoms with Crippen LogP contribution in [0.4, 0.5) is 0 Å². The number of nitrogens with zero attached hydrogens (tertiary/aromatic N) is 2. The van der Waals surface area contributed by atoms with Gasteiger partial charge in [-0.15, -0.1) is 0 Å². The van der Waals surface area contributed by atoms with Crippen LogP contribution >= 0.6 is 0 Å². The summed E-state index contributed by atoms with van der Waals surface area (Å²) in [6, 6.07) is 0. The van der Waals surface area contributed by atoms with Crippen LogP contribution < -0.4 is 0 Å². The standard InChI is InChI=1S/C12H22N2O2/c1-4-14(5-2)12(16)9-13(3)8-11(15)10-6-7-10/h10H,4-9H2,1-3H3. The molecule has 0 unspecified atom stereocenters. The highest BCUT2D eigenvalue weighted by Crippen LogP contribution is 2.29. The van der Waals surface area contributed by atoms with Gasteiger partial charge in [0.05, 0.1) is 13.1 Å². The van der Waals surface area contributed by atoms with Crippen molar-refractivity contribution in [1.29, 1.82) is 0 Å². The molecule has 0 radical (unpaired) electrons. The van der Waals surface area contributed by atoms with Gasteiger partial charge in [-0.2, -0.15) is 0 Å². The van der Waals surface area contributed by atoms with E-state index in [1.807, 2.05) is 25.8 Å². The Morgan fingerprint density at radius 3 is 2.12 bits per heavy atom. The Balaban J connectivity index is 2.29. The van der Waals surface area contributed by atoms with Crippen molar-refractivity contribution in [2.45, 2.75) is 26.7 Å². The first kappa shape index (κ1) is 13.2. The van der Waals surface area contributed by atoms with Gasteiger partial charge in [-0.25, -0.2) is 0 Å². The van der Waals surface area contributed by atoms with Crippen LogP contribution in [0.1, 0.15) is 26.7 Å². The molecule has 1 rings (SSSR count). The summed E-state index contributed by atoms with van der Waals surface area (Å²) < 4.78 is 0. The molecule has 4 heteroatoms. The highest BCUT2D eigenvalue weighted by molar-refractivity contribution is 5.86. The maximum Gasteiger partial charge on any atom is 0.236 e. The summed E-state index contributed by atoms with van der Waals surface area (Å²) in [6.45, 7) is 6.17. The summed E-state index contributed by atoms with van der Waals surface area (Å²) in [5.41, 5.74) is 0. The van der Waals surface area contributed by atoms with Gasteiger partial charge in [0.15, 0.2) is 0 Å². The Morgan fingerprint density at radius 2 is 1.69 bits per heavy atom. The summed E-state index contributed by atoms with van der Waals surface area (Å²) in [7, 11) is 1.84. The predicted octanol–water partition coefficient (Wildman–Crippen LogP) is 0.766. The number of hydrogen-bond donors (Lipinski definition) is 0. The van der Waals surface area contributed by atoms with Crippen LogP contribution in [0.3, 0.4) is 0 Å². The van der Waals surface area contributed by atoms with E-state index in [0.717, 1.165) is 25.9 Å². The zero-order valence-corrected chi connectivity index (χ0v) is 10.5. The second-order valence-electron chi connectivity index (χ2n) is 4.48. The van der Waals surface area contributed by atoms with Crippen LogP contribution in [0, 0.1) is 5.92 Å². The SMILES string of the molecule is CCN(CC)C(=O)CN(C)CC(=O)C1CC1. The lowest BCUT2D eigenvalue weighted by Crippen LogP contribution is -2.40. The molecule has 16 heavy (non-hydrogen) atoms. The van der Waals surface area contributed by atoms with Gasteiger partial charge in [-0.05, 0) is 33.7 Å². The number of Topliss-reactive ketones (excluding diaryl/α,β-unsaturated/α-hetero) is 1. The van der Waals surface area contributed by atoms with Crippen molar-refractivity contribution in [1.82, 2.24) is 9.80 Å². The van der Waals surface area contributed by atoms with E-state index in [2.05, 4.69) is 0 Å². The molecule has 0 saturated heterocycles. The average Bonchev–Trinajstić information content (AvgIpc) is 3.01. The number of likely N-dealkylation sites (N-methyl/N-ethyl adjacent to an activating group) is 2. The molecule has 0 aliphatic heterocycles.